The monoisotopic (exact) mass is 461 g/mol. The second-order valence-corrected chi connectivity index (χ2v) is 8.00. The number of carbonyl (C=O) groups is 2. The summed E-state index contributed by atoms with van der Waals surface area (Å²) < 4.78 is 6.09. The molecule has 0 spiro atoms. The molecule has 0 fully saturated rings. The molecule has 0 atom stereocenters. The average molecular weight is 462 g/mol. The van der Waals surface area contributed by atoms with Gasteiger partial charge in [-0.1, -0.05) is 29.4 Å². The molecule has 0 amide bonds. The zero-order valence-electron chi connectivity index (χ0n) is 19.6. The van der Waals surface area contributed by atoms with Crippen LogP contribution in [0.1, 0.15) is 61.0 Å². The molecule has 34 heavy (non-hydrogen) atoms. The van der Waals surface area contributed by atoms with Crippen molar-refractivity contribution in [3.8, 4) is 5.75 Å². The van der Waals surface area contributed by atoms with Crippen LogP contribution in [0.25, 0.3) is 0 Å². The number of oxime groups is 1. The molecule has 0 unspecified atom stereocenters. The number of rotatable bonds is 9. The molecule has 0 saturated heterocycles. The van der Waals surface area contributed by atoms with Gasteiger partial charge < -0.3 is 19.8 Å². The van der Waals surface area contributed by atoms with Crippen LogP contribution in [-0.2, 0) is 17.9 Å². The van der Waals surface area contributed by atoms with Crippen LogP contribution in [0.3, 0.4) is 0 Å². The second-order valence-electron chi connectivity index (χ2n) is 8.00. The highest BCUT2D eigenvalue weighted by atomic mass is 16.6. The largest absolute Gasteiger partial charge is 0.489 e. The number of ether oxygens (including phenoxy) is 1. The highest BCUT2D eigenvalue weighted by molar-refractivity contribution is 5.99. The summed E-state index contributed by atoms with van der Waals surface area (Å²) in [7, 11) is 1.51. The van der Waals surface area contributed by atoms with Gasteiger partial charge in [-0.15, -0.1) is 0 Å². The maximum Gasteiger partial charge on any atom is 0.336 e. The highest BCUT2D eigenvalue weighted by Crippen LogP contribution is 2.24. The molecule has 0 bridgehead atoms. The number of hydrogen-bond acceptors (Lipinski definition) is 5. The summed E-state index contributed by atoms with van der Waals surface area (Å²) in [6.45, 7) is 6.14. The van der Waals surface area contributed by atoms with Crippen molar-refractivity contribution in [1.82, 2.24) is 0 Å². The van der Waals surface area contributed by atoms with Gasteiger partial charge in [0, 0.05) is 5.56 Å². The fourth-order valence-corrected chi connectivity index (χ4v) is 3.88. The number of carboxylic acid groups (broad SMARTS) is 2. The van der Waals surface area contributed by atoms with E-state index in [1.807, 2.05) is 57.2 Å². The molecule has 0 aliphatic heterocycles. The van der Waals surface area contributed by atoms with E-state index in [9.17, 15) is 19.8 Å². The predicted octanol–water partition coefficient (Wildman–Crippen LogP) is 5.24. The lowest BCUT2D eigenvalue weighted by Crippen LogP contribution is -2.09. The molecule has 0 aliphatic rings. The number of benzene rings is 3. The first-order chi connectivity index (χ1) is 16.2. The fourth-order valence-electron chi connectivity index (χ4n) is 3.88. The number of nitrogens with zero attached hydrogens (tertiary/aromatic N) is 1. The molecule has 7 heteroatoms. The van der Waals surface area contributed by atoms with E-state index in [2.05, 4.69) is 5.16 Å². The lowest BCUT2D eigenvalue weighted by atomic mass is 9.93. The van der Waals surface area contributed by atoms with Crippen molar-refractivity contribution in [2.75, 3.05) is 7.11 Å². The quantitative estimate of drug-likeness (QED) is 0.333. The summed E-state index contributed by atoms with van der Waals surface area (Å²) in [6, 6.07) is 15.8. The summed E-state index contributed by atoms with van der Waals surface area (Å²) in [6.07, 6.45) is 0.340. The minimum atomic E-state index is -1.16. The number of aromatic carboxylic acids is 2. The Morgan fingerprint density at radius 1 is 0.882 bits per heavy atom. The summed E-state index contributed by atoms with van der Waals surface area (Å²) in [5, 5.41) is 22.8. The first kappa shape index (κ1) is 24.5. The standard InChI is InChI=1S/C27H27NO6/c1-16-6-5-7-19(13-20-8-9-21(26(29)30)14-24(20)27(31)32)25(16)15-34-22-10-11-23(17(2)12-22)18(3)28-33-4/h5-12,14H,13,15H2,1-4H3,(H,29,30)(H,31,32). The lowest BCUT2D eigenvalue weighted by molar-refractivity contribution is 0.0695. The van der Waals surface area contributed by atoms with Crippen molar-refractivity contribution in [2.24, 2.45) is 5.16 Å². The van der Waals surface area contributed by atoms with E-state index in [1.54, 1.807) is 6.07 Å². The Labute approximate surface area is 198 Å². The number of hydrogen-bond donors (Lipinski definition) is 2. The predicted molar refractivity (Wildman–Crippen MR) is 129 cm³/mol. The van der Waals surface area contributed by atoms with E-state index < -0.39 is 11.9 Å². The van der Waals surface area contributed by atoms with Gasteiger partial charge in [-0.2, -0.15) is 0 Å². The maximum atomic E-state index is 11.8. The van der Waals surface area contributed by atoms with E-state index in [0.29, 0.717) is 24.3 Å². The third-order valence-electron chi connectivity index (χ3n) is 5.67. The Balaban J connectivity index is 1.87. The molecule has 0 aromatic heterocycles. The lowest BCUT2D eigenvalue weighted by Gasteiger charge is -2.16. The van der Waals surface area contributed by atoms with Gasteiger partial charge in [0.05, 0.1) is 16.8 Å². The van der Waals surface area contributed by atoms with Gasteiger partial charge in [-0.25, -0.2) is 9.59 Å². The van der Waals surface area contributed by atoms with E-state index >= 15 is 0 Å². The average Bonchev–Trinajstić information content (AvgIpc) is 2.78. The van der Waals surface area contributed by atoms with Gasteiger partial charge in [-0.05, 0) is 85.3 Å². The summed E-state index contributed by atoms with van der Waals surface area (Å²) >= 11 is 0. The third-order valence-corrected chi connectivity index (χ3v) is 5.67. The maximum absolute atomic E-state index is 11.8. The SMILES string of the molecule is CON=C(C)c1ccc(OCc2c(C)cccc2Cc2ccc(C(=O)O)cc2C(=O)O)cc1C. The van der Waals surface area contributed by atoms with Crippen molar-refractivity contribution < 1.29 is 29.4 Å². The molecule has 0 heterocycles. The zero-order chi connectivity index (χ0) is 24.8. The van der Waals surface area contributed by atoms with Crippen LogP contribution in [0.15, 0.2) is 59.8 Å². The van der Waals surface area contributed by atoms with Gasteiger partial charge in [0.25, 0.3) is 0 Å². The molecule has 0 radical (unpaired) electrons. The fraction of sp³-hybridized carbons (Fsp3) is 0.222. The highest BCUT2D eigenvalue weighted by Gasteiger charge is 2.16. The van der Waals surface area contributed by atoms with Crippen LogP contribution in [0.5, 0.6) is 5.75 Å². The molecule has 0 saturated carbocycles. The zero-order valence-corrected chi connectivity index (χ0v) is 19.6. The van der Waals surface area contributed by atoms with Crippen LogP contribution in [0.4, 0.5) is 0 Å². The number of carboxylic acids is 2. The van der Waals surface area contributed by atoms with Crippen LogP contribution >= 0.6 is 0 Å². The van der Waals surface area contributed by atoms with Crippen molar-refractivity contribution in [2.45, 2.75) is 33.8 Å². The van der Waals surface area contributed by atoms with Gasteiger partial charge >= 0.3 is 11.9 Å². The van der Waals surface area contributed by atoms with Crippen LogP contribution in [0.2, 0.25) is 0 Å². The van der Waals surface area contributed by atoms with Crippen LogP contribution < -0.4 is 4.74 Å². The Morgan fingerprint density at radius 3 is 2.29 bits per heavy atom. The number of aryl methyl sites for hydroxylation is 2. The smallest absolute Gasteiger partial charge is 0.336 e. The Morgan fingerprint density at radius 2 is 1.65 bits per heavy atom. The molecule has 3 rings (SSSR count). The molecule has 2 N–H and O–H groups in total. The van der Waals surface area contributed by atoms with Gasteiger partial charge in [0.1, 0.15) is 19.5 Å². The Kier molecular flexibility index (Phi) is 7.68. The van der Waals surface area contributed by atoms with E-state index in [4.69, 9.17) is 9.57 Å². The molecule has 3 aromatic carbocycles. The first-order valence-corrected chi connectivity index (χ1v) is 10.7. The van der Waals surface area contributed by atoms with Crippen molar-refractivity contribution >= 4 is 17.7 Å². The van der Waals surface area contributed by atoms with Crippen LogP contribution in [0, 0.1) is 13.8 Å². The third kappa shape index (κ3) is 5.61. The van der Waals surface area contributed by atoms with E-state index in [-0.39, 0.29) is 11.1 Å². The van der Waals surface area contributed by atoms with Crippen molar-refractivity contribution in [3.05, 3.63) is 99.1 Å². The topological polar surface area (TPSA) is 105 Å². The summed E-state index contributed by atoms with van der Waals surface area (Å²) in [4.78, 5) is 27.9. The molecule has 176 valence electrons. The Hall–Kier alpha value is -4.13. The minimum absolute atomic E-state index is 0.0208. The molecular formula is C27H27NO6. The Bertz CT molecular complexity index is 1260. The summed E-state index contributed by atoms with van der Waals surface area (Å²) in [5.74, 6) is -1.62. The minimum Gasteiger partial charge on any atom is -0.489 e. The van der Waals surface area contributed by atoms with Gasteiger partial charge in [0.15, 0.2) is 0 Å². The van der Waals surface area contributed by atoms with Gasteiger partial charge in [-0.3, -0.25) is 0 Å². The second kappa shape index (κ2) is 10.7. The molecular weight excluding hydrogens is 434 g/mol. The normalized spacial score (nSPS) is 11.2. The molecule has 0 aliphatic carbocycles. The first-order valence-electron chi connectivity index (χ1n) is 10.7. The van der Waals surface area contributed by atoms with Crippen molar-refractivity contribution in [1.29, 1.82) is 0 Å². The van der Waals surface area contributed by atoms with Crippen LogP contribution in [-0.4, -0.2) is 35.0 Å². The van der Waals surface area contributed by atoms with E-state index in [1.165, 1.54) is 19.2 Å². The summed E-state index contributed by atoms with van der Waals surface area (Å²) in [5.41, 5.74) is 6.11. The van der Waals surface area contributed by atoms with E-state index in [0.717, 1.165) is 33.5 Å². The van der Waals surface area contributed by atoms with Crippen molar-refractivity contribution in [3.63, 3.8) is 0 Å². The molecule has 3 aromatic rings. The van der Waals surface area contributed by atoms with Gasteiger partial charge in [0.2, 0.25) is 0 Å². The molecule has 7 nitrogen and oxygen atoms in total.